The molecule has 4 rings (SSSR count). The molecule has 1 aliphatic rings. The van der Waals surface area contributed by atoms with Gasteiger partial charge >= 0.3 is 5.97 Å². The maximum absolute atomic E-state index is 12.9. The number of esters is 1. The van der Waals surface area contributed by atoms with Crippen molar-refractivity contribution in [3.8, 4) is 11.5 Å². The number of aromatic nitrogens is 2. The van der Waals surface area contributed by atoms with Crippen LogP contribution in [0.3, 0.4) is 0 Å². The quantitative estimate of drug-likeness (QED) is 0.668. The minimum absolute atomic E-state index is 0.0955. The molecule has 0 unspecified atom stereocenters. The summed E-state index contributed by atoms with van der Waals surface area (Å²) in [6.07, 6.45) is 1.61. The van der Waals surface area contributed by atoms with Crippen LogP contribution in [0, 0.1) is 0 Å². The Bertz CT molecular complexity index is 1010. The van der Waals surface area contributed by atoms with Gasteiger partial charge in [0.05, 0.1) is 6.20 Å². The molecule has 1 aliphatic heterocycles. The van der Waals surface area contributed by atoms with E-state index in [-0.39, 0.29) is 12.6 Å². The summed E-state index contributed by atoms with van der Waals surface area (Å²) in [5, 5.41) is 6.90. The molecule has 7 nitrogen and oxygen atoms in total. The lowest BCUT2D eigenvalue weighted by Gasteiger charge is -2.26. The van der Waals surface area contributed by atoms with Crippen LogP contribution in [-0.4, -0.2) is 28.3 Å². The molecule has 7 heteroatoms. The minimum atomic E-state index is -0.648. The van der Waals surface area contributed by atoms with Gasteiger partial charge in [0.1, 0.15) is 23.2 Å². The molecule has 0 aliphatic carbocycles. The molecule has 0 radical (unpaired) electrons. The molecule has 1 aromatic heterocycles. The van der Waals surface area contributed by atoms with Crippen LogP contribution in [0.1, 0.15) is 36.9 Å². The van der Waals surface area contributed by atoms with Gasteiger partial charge in [0.25, 0.3) is 5.91 Å². The van der Waals surface area contributed by atoms with Crippen molar-refractivity contribution in [3.05, 3.63) is 71.9 Å². The molecule has 1 amide bonds. The van der Waals surface area contributed by atoms with Crippen molar-refractivity contribution in [2.45, 2.75) is 25.8 Å². The monoisotopic (exact) mass is 391 g/mol. The second-order valence-corrected chi connectivity index (χ2v) is 7.02. The summed E-state index contributed by atoms with van der Waals surface area (Å²) in [4.78, 5) is 25.2. The lowest BCUT2D eigenvalue weighted by molar-refractivity contribution is -0.148. The van der Waals surface area contributed by atoms with Gasteiger partial charge < -0.3 is 14.8 Å². The van der Waals surface area contributed by atoms with E-state index < -0.39 is 17.8 Å². The number of anilines is 1. The van der Waals surface area contributed by atoms with Crippen LogP contribution in [0.5, 0.6) is 11.5 Å². The Kier molecular flexibility index (Phi) is 5.03. The van der Waals surface area contributed by atoms with E-state index >= 15 is 0 Å². The van der Waals surface area contributed by atoms with E-state index in [1.165, 1.54) is 0 Å². The summed E-state index contributed by atoms with van der Waals surface area (Å²) in [5.41, 5.74) is 1.43. The highest BCUT2D eigenvalue weighted by molar-refractivity contribution is 5.93. The first kappa shape index (κ1) is 18.7. The van der Waals surface area contributed by atoms with Crippen LogP contribution in [0.4, 0.5) is 5.82 Å². The molecule has 148 valence electrons. The van der Waals surface area contributed by atoms with Gasteiger partial charge in [-0.3, -0.25) is 9.59 Å². The van der Waals surface area contributed by atoms with Gasteiger partial charge in [-0.1, -0.05) is 36.4 Å². The van der Waals surface area contributed by atoms with Gasteiger partial charge in [-0.2, -0.15) is 5.10 Å². The average molecular weight is 391 g/mol. The van der Waals surface area contributed by atoms with Crippen molar-refractivity contribution in [1.29, 1.82) is 0 Å². The van der Waals surface area contributed by atoms with Crippen molar-refractivity contribution in [3.63, 3.8) is 0 Å². The largest absolute Gasteiger partial charge is 0.457 e. The number of hydrogen-bond acceptors (Lipinski definition) is 5. The van der Waals surface area contributed by atoms with Gasteiger partial charge in [-0.15, -0.1) is 0 Å². The van der Waals surface area contributed by atoms with Crippen LogP contribution in [0.15, 0.2) is 60.8 Å². The highest BCUT2D eigenvalue weighted by Crippen LogP contribution is 2.44. The number of carbonyl (C=O) groups excluding carboxylic acids is 2. The van der Waals surface area contributed by atoms with E-state index in [0.29, 0.717) is 17.3 Å². The van der Waals surface area contributed by atoms with E-state index in [1.807, 2.05) is 62.4 Å². The van der Waals surface area contributed by atoms with E-state index in [2.05, 4.69) is 10.4 Å². The van der Waals surface area contributed by atoms with E-state index in [9.17, 15) is 9.59 Å². The number of amides is 1. The summed E-state index contributed by atoms with van der Waals surface area (Å²) in [7, 11) is 0. The van der Waals surface area contributed by atoms with Crippen molar-refractivity contribution in [2.24, 2.45) is 0 Å². The maximum Gasteiger partial charge on any atom is 0.318 e. The van der Waals surface area contributed by atoms with Crippen LogP contribution in [-0.2, 0) is 14.3 Å². The zero-order valence-corrected chi connectivity index (χ0v) is 16.2. The number of para-hydroxylation sites is 2. The maximum atomic E-state index is 12.9. The summed E-state index contributed by atoms with van der Waals surface area (Å²) < 4.78 is 12.9. The molecule has 3 aromatic rings. The summed E-state index contributed by atoms with van der Waals surface area (Å²) in [5.74, 6) is 0.208. The normalized spacial score (nSPS) is 12.7. The third-order valence-corrected chi connectivity index (χ3v) is 4.69. The smallest absolute Gasteiger partial charge is 0.318 e. The number of fused-ring (bicyclic) bond motifs is 2. The molecule has 29 heavy (non-hydrogen) atoms. The van der Waals surface area contributed by atoms with Gasteiger partial charge in [0.2, 0.25) is 0 Å². The zero-order valence-electron chi connectivity index (χ0n) is 16.2. The standard InChI is InChI=1S/C22H21N3O4/c1-14(2)25-19(11-12-23-25)24-20(26)13-28-22(27)21-15-7-3-5-9-17(15)29-18-10-6-4-8-16(18)21/h3-12,14,21H,13H2,1-2H3,(H,24,26). The van der Waals surface area contributed by atoms with Crippen molar-refractivity contribution in [2.75, 3.05) is 11.9 Å². The van der Waals surface area contributed by atoms with Crippen LogP contribution in [0.25, 0.3) is 0 Å². The number of hydrogen-bond donors (Lipinski definition) is 1. The van der Waals surface area contributed by atoms with Gasteiger partial charge in [-0.05, 0) is 26.0 Å². The fourth-order valence-electron chi connectivity index (χ4n) is 3.39. The van der Waals surface area contributed by atoms with E-state index in [0.717, 1.165) is 11.1 Å². The Morgan fingerprint density at radius 1 is 1.07 bits per heavy atom. The first-order chi connectivity index (χ1) is 14.0. The lowest BCUT2D eigenvalue weighted by Crippen LogP contribution is -2.27. The Hall–Kier alpha value is -3.61. The van der Waals surface area contributed by atoms with Crippen LogP contribution >= 0.6 is 0 Å². The minimum Gasteiger partial charge on any atom is -0.457 e. The average Bonchev–Trinajstić information content (AvgIpc) is 3.18. The molecule has 0 spiro atoms. The van der Waals surface area contributed by atoms with Gasteiger partial charge in [0, 0.05) is 23.2 Å². The zero-order chi connectivity index (χ0) is 20.4. The summed E-state index contributed by atoms with van der Waals surface area (Å²) in [6.45, 7) is 3.54. The third kappa shape index (κ3) is 3.71. The highest BCUT2D eigenvalue weighted by atomic mass is 16.5. The number of nitrogens with one attached hydrogen (secondary N) is 1. The predicted molar refractivity (Wildman–Crippen MR) is 107 cm³/mol. The van der Waals surface area contributed by atoms with Gasteiger partial charge in [0.15, 0.2) is 6.61 Å². The third-order valence-electron chi connectivity index (χ3n) is 4.69. The van der Waals surface area contributed by atoms with Crippen molar-refractivity contribution >= 4 is 17.7 Å². The topological polar surface area (TPSA) is 82.5 Å². The molecule has 2 aromatic carbocycles. The van der Waals surface area contributed by atoms with Crippen LogP contribution in [0.2, 0.25) is 0 Å². The first-order valence-corrected chi connectivity index (χ1v) is 9.40. The van der Waals surface area contributed by atoms with E-state index in [4.69, 9.17) is 9.47 Å². The number of carbonyl (C=O) groups is 2. The molecular weight excluding hydrogens is 370 g/mol. The fourth-order valence-corrected chi connectivity index (χ4v) is 3.39. The Morgan fingerprint density at radius 2 is 1.69 bits per heavy atom. The SMILES string of the molecule is CC(C)n1nccc1NC(=O)COC(=O)C1c2ccccc2Oc2ccccc21. The van der Waals surface area contributed by atoms with Crippen molar-refractivity contribution < 1.29 is 19.1 Å². The van der Waals surface area contributed by atoms with Gasteiger partial charge in [-0.25, -0.2) is 4.68 Å². The highest BCUT2D eigenvalue weighted by Gasteiger charge is 2.33. The molecular formula is C22H21N3O4. The second-order valence-electron chi connectivity index (χ2n) is 7.02. The summed E-state index contributed by atoms with van der Waals surface area (Å²) >= 11 is 0. The number of nitrogens with zero attached hydrogens (tertiary/aromatic N) is 2. The lowest BCUT2D eigenvalue weighted by atomic mass is 9.88. The molecule has 0 atom stereocenters. The first-order valence-electron chi connectivity index (χ1n) is 9.40. The summed E-state index contributed by atoms with van der Waals surface area (Å²) in [6, 6.07) is 16.5. The van der Waals surface area contributed by atoms with E-state index in [1.54, 1.807) is 16.9 Å². The molecule has 2 heterocycles. The molecule has 0 saturated carbocycles. The van der Waals surface area contributed by atoms with Crippen LogP contribution < -0.4 is 10.1 Å². The Balaban J connectivity index is 1.49. The molecule has 1 N–H and O–H groups in total. The number of benzene rings is 2. The number of ether oxygens (including phenoxy) is 2. The molecule has 0 bridgehead atoms. The Labute approximate surface area is 168 Å². The molecule has 0 fully saturated rings. The predicted octanol–water partition coefficient (Wildman–Crippen LogP) is 3.88. The number of rotatable bonds is 5. The second kappa shape index (κ2) is 7.79. The fraction of sp³-hybridized carbons (Fsp3) is 0.227. The van der Waals surface area contributed by atoms with Crippen molar-refractivity contribution in [1.82, 2.24) is 9.78 Å². The molecule has 0 saturated heterocycles. The Morgan fingerprint density at radius 3 is 2.31 bits per heavy atom.